The summed E-state index contributed by atoms with van der Waals surface area (Å²) in [7, 11) is 0. The highest BCUT2D eigenvalue weighted by molar-refractivity contribution is 5.85. The highest BCUT2D eigenvalue weighted by atomic mass is 19.1. The largest absolute Gasteiger partial charge is 0.389 e. The summed E-state index contributed by atoms with van der Waals surface area (Å²) < 4.78 is 15.7. The van der Waals surface area contributed by atoms with Crippen LogP contribution in [0.1, 0.15) is 38.5 Å². The van der Waals surface area contributed by atoms with Gasteiger partial charge in [-0.3, -0.25) is 0 Å². The SMILES string of the molecule is CC(O)c1cn(C(C)C)c2cccc(F)c12. The molecule has 1 N–H and O–H groups in total. The Kier molecular flexibility index (Phi) is 2.72. The first-order valence-corrected chi connectivity index (χ1v) is 5.49. The Morgan fingerprint density at radius 2 is 1.94 bits per heavy atom. The molecule has 86 valence electrons. The zero-order valence-electron chi connectivity index (χ0n) is 9.74. The van der Waals surface area contributed by atoms with Gasteiger partial charge in [-0.1, -0.05) is 6.07 Å². The molecule has 2 nitrogen and oxygen atoms in total. The fraction of sp³-hybridized carbons (Fsp3) is 0.385. The van der Waals surface area contributed by atoms with Crippen LogP contribution in [0.25, 0.3) is 10.9 Å². The van der Waals surface area contributed by atoms with Crippen molar-refractivity contribution in [2.45, 2.75) is 32.9 Å². The maximum absolute atomic E-state index is 13.8. The van der Waals surface area contributed by atoms with Gasteiger partial charge in [0.1, 0.15) is 5.82 Å². The van der Waals surface area contributed by atoms with Crippen LogP contribution in [0.15, 0.2) is 24.4 Å². The maximum Gasteiger partial charge on any atom is 0.132 e. The lowest BCUT2D eigenvalue weighted by Gasteiger charge is -2.08. The van der Waals surface area contributed by atoms with E-state index in [9.17, 15) is 9.50 Å². The summed E-state index contributed by atoms with van der Waals surface area (Å²) in [5.41, 5.74) is 1.49. The number of benzene rings is 1. The Morgan fingerprint density at radius 3 is 2.50 bits per heavy atom. The minimum Gasteiger partial charge on any atom is -0.389 e. The lowest BCUT2D eigenvalue weighted by atomic mass is 10.1. The second kappa shape index (κ2) is 3.91. The smallest absolute Gasteiger partial charge is 0.132 e. The minimum absolute atomic E-state index is 0.247. The summed E-state index contributed by atoms with van der Waals surface area (Å²) >= 11 is 0. The molecule has 1 unspecified atom stereocenters. The third-order valence-corrected chi connectivity index (χ3v) is 2.84. The van der Waals surface area contributed by atoms with Crippen LogP contribution in [0.5, 0.6) is 0 Å². The number of hydrogen-bond acceptors (Lipinski definition) is 1. The molecular weight excluding hydrogens is 205 g/mol. The highest BCUT2D eigenvalue weighted by Crippen LogP contribution is 2.30. The molecule has 3 heteroatoms. The number of rotatable bonds is 2. The van der Waals surface area contributed by atoms with Crippen LogP contribution in [-0.4, -0.2) is 9.67 Å². The molecule has 0 aliphatic heterocycles. The molecule has 0 fully saturated rings. The molecule has 0 amide bonds. The van der Waals surface area contributed by atoms with E-state index >= 15 is 0 Å². The number of aliphatic hydroxyl groups is 1. The Morgan fingerprint density at radius 1 is 1.25 bits per heavy atom. The van der Waals surface area contributed by atoms with Crippen molar-refractivity contribution in [3.8, 4) is 0 Å². The first kappa shape index (κ1) is 11.1. The van der Waals surface area contributed by atoms with Crippen LogP contribution in [0.2, 0.25) is 0 Å². The van der Waals surface area contributed by atoms with Crippen molar-refractivity contribution in [2.75, 3.05) is 0 Å². The van der Waals surface area contributed by atoms with Crippen LogP contribution in [0, 0.1) is 5.82 Å². The molecular formula is C13H16FNO. The Balaban J connectivity index is 2.82. The molecule has 16 heavy (non-hydrogen) atoms. The van der Waals surface area contributed by atoms with E-state index in [0.717, 1.165) is 5.52 Å². The van der Waals surface area contributed by atoms with Crippen LogP contribution < -0.4 is 0 Å². The number of aliphatic hydroxyl groups excluding tert-OH is 1. The van der Waals surface area contributed by atoms with Crippen molar-refractivity contribution in [1.29, 1.82) is 0 Å². The molecule has 0 saturated heterocycles. The third kappa shape index (κ3) is 1.61. The highest BCUT2D eigenvalue weighted by Gasteiger charge is 2.16. The first-order valence-electron chi connectivity index (χ1n) is 5.49. The van der Waals surface area contributed by atoms with Gasteiger partial charge in [-0.05, 0) is 32.9 Å². The molecule has 0 spiro atoms. The van der Waals surface area contributed by atoms with Crippen molar-refractivity contribution >= 4 is 10.9 Å². The molecule has 1 aromatic heterocycles. The van der Waals surface area contributed by atoms with Gasteiger partial charge >= 0.3 is 0 Å². The van der Waals surface area contributed by atoms with E-state index in [4.69, 9.17) is 0 Å². The van der Waals surface area contributed by atoms with Crippen molar-refractivity contribution in [3.63, 3.8) is 0 Å². The van der Waals surface area contributed by atoms with E-state index in [1.54, 1.807) is 13.0 Å². The standard InChI is InChI=1S/C13H16FNO/c1-8(2)15-7-10(9(3)16)13-11(14)5-4-6-12(13)15/h4-9,16H,1-3H3. The summed E-state index contributed by atoms with van der Waals surface area (Å²) in [4.78, 5) is 0. The topological polar surface area (TPSA) is 25.2 Å². The number of nitrogens with zero attached hydrogens (tertiary/aromatic N) is 1. The van der Waals surface area contributed by atoms with E-state index in [1.165, 1.54) is 6.07 Å². The van der Waals surface area contributed by atoms with Crippen LogP contribution in [0.4, 0.5) is 4.39 Å². The molecule has 1 heterocycles. The van der Waals surface area contributed by atoms with Crippen LogP contribution in [0.3, 0.4) is 0 Å². The third-order valence-electron chi connectivity index (χ3n) is 2.84. The molecule has 1 aromatic carbocycles. The molecule has 1 atom stereocenters. The maximum atomic E-state index is 13.8. The predicted octanol–water partition coefficient (Wildman–Crippen LogP) is 3.41. The molecule has 0 aliphatic carbocycles. The Bertz CT molecular complexity index is 514. The summed E-state index contributed by atoms with van der Waals surface area (Å²) in [6.45, 7) is 5.73. The van der Waals surface area contributed by atoms with E-state index < -0.39 is 6.10 Å². The van der Waals surface area contributed by atoms with Gasteiger partial charge in [-0.25, -0.2) is 4.39 Å². The lowest BCUT2D eigenvalue weighted by molar-refractivity contribution is 0.200. The fourth-order valence-corrected chi connectivity index (χ4v) is 2.04. The van der Waals surface area contributed by atoms with E-state index in [2.05, 4.69) is 0 Å². The quantitative estimate of drug-likeness (QED) is 0.826. The second-order valence-electron chi connectivity index (χ2n) is 4.40. The predicted molar refractivity (Wildman–Crippen MR) is 62.9 cm³/mol. The first-order chi connectivity index (χ1) is 7.52. The average Bonchev–Trinajstić information content (AvgIpc) is 2.58. The van der Waals surface area contributed by atoms with Gasteiger partial charge in [-0.2, -0.15) is 0 Å². The summed E-state index contributed by atoms with van der Waals surface area (Å²) in [6.07, 6.45) is 1.18. The molecule has 2 aromatic rings. The van der Waals surface area contributed by atoms with Crippen LogP contribution >= 0.6 is 0 Å². The van der Waals surface area contributed by atoms with E-state index in [-0.39, 0.29) is 11.9 Å². The molecule has 0 aliphatic rings. The van der Waals surface area contributed by atoms with Gasteiger partial charge in [-0.15, -0.1) is 0 Å². The normalized spacial score (nSPS) is 13.6. The number of aromatic nitrogens is 1. The van der Waals surface area contributed by atoms with Gasteiger partial charge in [0.25, 0.3) is 0 Å². The minimum atomic E-state index is -0.653. The van der Waals surface area contributed by atoms with E-state index in [0.29, 0.717) is 10.9 Å². The van der Waals surface area contributed by atoms with Crippen LogP contribution in [-0.2, 0) is 0 Å². The van der Waals surface area contributed by atoms with E-state index in [1.807, 2.05) is 30.7 Å². The average molecular weight is 221 g/mol. The Labute approximate surface area is 94.3 Å². The van der Waals surface area contributed by atoms with Crippen molar-refractivity contribution < 1.29 is 9.50 Å². The van der Waals surface area contributed by atoms with Gasteiger partial charge < -0.3 is 9.67 Å². The zero-order valence-corrected chi connectivity index (χ0v) is 9.74. The zero-order chi connectivity index (χ0) is 11.9. The molecule has 0 bridgehead atoms. The van der Waals surface area contributed by atoms with Crippen molar-refractivity contribution in [3.05, 3.63) is 35.8 Å². The molecule has 2 rings (SSSR count). The van der Waals surface area contributed by atoms with Crippen molar-refractivity contribution in [1.82, 2.24) is 4.57 Å². The molecule has 0 radical (unpaired) electrons. The van der Waals surface area contributed by atoms with Gasteiger partial charge in [0.15, 0.2) is 0 Å². The van der Waals surface area contributed by atoms with Gasteiger partial charge in [0.2, 0.25) is 0 Å². The number of hydrogen-bond donors (Lipinski definition) is 1. The van der Waals surface area contributed by atoms with Gasteiger partial charge in [0.05, 0.1) is 11.6 Å². The lowest BCUT2D eigenvalue weighted by Crippen LogP contribution is -1.98. The summed E-state index contributed by atoms with van der Waals surface area (Å²) in [5.74, 6) is -0.271. The molecule has 0 saturated carbocycles. The van der Waals surface area contributed by atoms with Crippen molar-refractivity contribution in [2.24, 2.45) is 0 Å². The number of halogens is 1. The second-order valence-corrected chi connectivity index (χ2v) is 4.40. The Hall–Kier alpha value is -1.35. The number of fused-ring (bicyclic) bond motifs is 1. The van der Waals surface area contributed by atoms with Gasteiger partial charge in [0, 0.05) is 23.2 Å². The fourth-order valence-electron chi connectivity index (χ4n) is 2.04. The summed E-state index contributed by atoms with van der Waals surface area (Å²) in [6, 6.07) is 5.25. The monoisotopic (exact) mass is 221 g/mol. The summed E-state index contributed by atoms with van der Waals surface area (Å²) in [5, 5.41) is 10.2.